The molecule has 16 heavy (non-hydrogen) atoms. The standard InChI is InChI=1S/C14H14N2/c1-3-9-5-6-10-7-13(15)14(16)8-12(10)11(9)4-2/h3-8H,1-2,15-16H2. The highest BCUT2D eigenvalue weighted by molar-refractivity contribution is 5.98. The van der Waals surface area contributed by atoms with Crippen LogP contribution in [0.1, 0.15) is 11.1 Å². The first-order chi connectivity index (χ1) is 7.67. The van der Waals surface area contributed by atoms with Crippen LogP contribution in [0.5, 0.6) is 0 Å². The van der Waals surface area contributed by atoms with E-state index in [-0.39, 0.29) is 0 Å². The average molecular weight is 210 g/mol. The summed E-state index contributed by atoms with van der Waals surface area (Å²) in [6.45, 7) is 7.60. The molecule has 2 heteroatoms. The van der Waals surface area contributed by atoms with Gasteiger partial charge in [-0.05, 0) is 34.0 Å². The van der Waals surface area contributed by atoms with E-state index in [0.717, 1.165) is 21.9 Å². The Labute approximate surface area is 94.9 Å². The van der Waals surface area contributed by atoms with Gasteiger partial charge in [0.1, 0.15) is 0 Å². The highest BCUT2D eigenvalue weighted by atomic mass is 14.7. The monoisotopic (exact) mass is 210 g/mol. The molecule has 0 fully saturated rings. The summed E-state index contributed by atoms with van der Waals surface area (Å²) in [5, 5.41) is 2.12. The van der Waals surface area contributed by atoms with Crippen LogP contribution in [0.2, 0.25) is 0 Å². The average Bonchev–Trinajstić information content (AvgIpc) is 2.29. The number of hydrogen-bond acceptors (Lipinski definition) is 2. The summed E-state index contributed by atoms with van der Waals surface area (Å²) in [6.07, 6.45) is 3.62. The zero-order valence-corrected chi connectivity index (χ0v) is 9.03. The van der Waals surface area contributed by atoms with Gasteiger partial charge in [0, 0.05) is 0 Å². The van der Waals surface area contributed by atoms with Crippen LogP contribution in [0.3, 0.4) is 0 Å². The Bertz CT molecular complexity index is 583. The van der Waals surface area contributed by atoms with E-state index in [9.17, 15) is 0 Å². The molecular weight excluding hydrogens is 196 g/mol. The van der Waals surface area contributed by atoms with Crippen molar-refractivity contribution in [3.8, 4) is 0 Å². The van der Waals surface area contributed by atoms with Crippen LogP contribution in [0, 0.1) is 0 Å². The van der Waals surface area contributed by atoms with E-state index in [1.807, 2.05) is 36.4 Å². The van der Waals surface area contributed by atoms with Crippen molar-refractivity contribution in [1.82, 2.24) is 0 Å². The van der Waals surface area contributed by atoms with Crippen LogP contribution in [-0.2, 0) is 0 Å². The minimum absolute atomic E-state index is 0.594. The highest BCUT2D eigenvalue weighted by Crippen LogP contribution is 2.29. The predicted molar refractivity (Wildman–Crippen MR) is 73.0 cm³/mol. The second-order valence-electron chi connectivity index (χ2n) is 3.68. The van der Waals surface area contributed by atoms with E-state index in [0.29, 0.717) is 11.4 Å². The maximum Gasteiger partial charge on any atom is 0.0554 e. The molecule has 80 valence electrons. The van der Waals surface area contributed by atoms with Crippen molar-refractivity contribution < 1.29 is 0 Å². The molecule has 0 unspecified atom stereocenters. The second-order valence-corrected chi connectivity index (χ2v) is 3.68. The van der Waals surface area contributed by atoms with Gasteiger partial charge < -0.3 is 11.5 Å². The smallest absolute Gasteiger partial charge is 0.0554 e. The highest BCUT2D eigenvalue weighted by Gasteiger charge is 2.05. The SMILES string of the molecule is C=Cc1ccc2cc(N)c(N)cc2c1C=C. The van der Waals surface area contributed by atoms with Crippen LogP contribution >= 0.6 is 0 Å². The third-order valence-electron chi connectivity index (χ3n) is 2.72. The summed E-state index contributed by atoms with van der Waals surface area (Å²) in [6, 6.07) is 7.77. The molecule has 2 aromatic carbocycles. The van der Waals surface area contributed by atoms with Gasteiger partial charge >= 0.3 is 0 Å². The first kappa shape index (κ1) is 10.3. The first-order valence-corrected chi connectivity index (χ1v) is 5.04. The maximum absolute atomic E-state index is 5.82. The van der Waals surface area contributed by atoms with E-state index in [1.54, 1.807) is 0 Å². The molecule has 0 aromatic heterocycles. The minimum Gasteiger partial charge on any atom is -0.397 e. The molecule has 2 rings (SSSR count). The van der Waals surface area contributed by atoms with Crippen LogP contribution in [0.4, 0.5) is 11.4 Å². The summed E-state index contributed by atoms with van der Waals surface area (Å²) in [5.41, 5.74) is 14.9. The molecule has 4 N–H and O–H groups in total. The number of nitrogen functional groups attached to an aromatic ring is 2. The molecule has 0 saturated carbocycles. The van der Waals surface area contributed by atoms with E-state index in [1.165, 1.54) is 0 Å². The summed E-state index contributed by atoms with van der Waals surface area (Å²) >= 11 is 0. The zero-order chi connectivity index (χ0) is 11.7. The number of fused-ring (bicyclic) bond motifs is 1. The predicted octanol–water partition coefficient (Wildman–Crippen LogP) is 3.29. The molecule has 0 atom stereocenters. The molecule has 0 aliphatic carbocycles. The van der Waals surface area contributed by atoms with Gasteiger partial charge in [0.25, 0.3) is 0 Å². The summed E-state index contributed by atoms with van der Waals surface area (Å²) < 4.78 is 0. The summed E-state index contributed by atoms with van der Waals surface area (Å²) in [4.78, 5) is 0. The number of benzene rings is 2. The Kier molecular flexibility index (Phi) is 2.41. The fourth-order valence-corrected chi connectivity index (χ4v) is 1.85. The fourth-order valence-electron chi connectivity index (χ4n) is 1.85. The number of hydrogen-bond donors (Lipinski definition) is 2. The lowest BCUT2D eigenvalue weighted by molar-refractivity contribution is 1.65. The van der Waals surface area contributed by atoms with Gasteiger partial charge in [-0.25, -0.2) is 0 Å². The number of rotatable bonds is 2. The Morgan fingerprint density at radius 1 is 0.938 bits per heavy atom. The van der Waals surface area contributed by atoms with E-state index in [4.69, 9.17) is 11.5 Å². The number of nitrogens with two attached hydrogens (primary N) is 2. The molecule has 2 nitrogen and oxygen atoms in total. The van der Waals surface area contributed by atoms with Crippen molar-refractivity contribution in [2.24, 2.45) is 0 Å². The lowest BCUT2D eigenvalue weighted by Crippen LogP contribution is -1.95. The third-order valence-corrected chi connectivity index (χ3v) is 2.72. The molecule has 2 aromatic rings. The zero-order valence-electron chi connectivity index (χ0n) is 9.03. The van der Waals surface area contributed by atoms with Gasteiger partial charge in [-0.3, -0.25) is 0 Å². The molecule has 0 saturated heterocycles. The van der Waals surface area contributed by atoms with Gasteiger partial charge in [-0.15, -0.1) is 0 Å². The van der Waals surface area contributed by atoms with Gasteiger partial charge in [-0.1, -0.05) is 37.4 Å². The largest absolute Gasteiger partial charge is 0.397 e. The van der Waals surface area contributed by atoms with Crippen molar-refractivity contribution in [2.75, 3.05) is 11.5 Å². The number of anilines is 2. The maximum atomic E-state index is 5.82. The van der Waals surface area contributed by atoms with Gasteiger partial charge in [-0.2, -0.15) is 0 Å². The quantitative estimate of drug-likeness (QED) is 0.747. The molecule has 0 aliphatic heterocycles. The minimum atomic E-state index is 0.594. The molecule has 0 radical (unpaired) electrons. The molecule has 0 spiro atoms. The Hall–Kier alpha value is -2.22. The lowest BCUT2D eigenvalue weighted by Gasteiger charge is -2.09. The van der Waals surface area contributed by atoms with Crippen LogP contribution in [0.25, 0.3) is 22.9 Å². The Balaban J connectivity index is 2.91. The summed E-state index contributed by atoms with van der Waals surface area (Å²) in [5.74, 6) is 0. The van der Waals surface area contributed by atoms with Gasteiger partial charge in [0.15, 0.2) is 0 Å². The Morgan fingerprint density at radius 2 is 1.62 bits per heavy atom. The van der Waals surface area contributed by atoms with Crippen molar-refractivity contribution in [3.63, 3.8) is 0 Å². The second kappa shape index (κ2) is 3.74. The van der Waals surface area contributed by atoms with Crippen LogP contribution < -0.4 is 11.5 Å². The normalized spacial score (nSPS) is 10.2. The molecule has 0 amide bonds. The topological polar surface area (TPSA) is 52.0 Å². The van der Waals surface area contributed by atoms with E-state index < -0.39 is 0 Å². The van der Waals surface area contributed by atoms with Crippen molar-refractivity contribution >= 4 is 34.3 Å². The Morgan fingerprint density at radius 3 is 2.25 bits per heavy atom. The van der Waals surface area contributed by atoms with Crippen molar-refractivity contribution in [1.29, 1.82) is 0 Å². The van der Waals surface area contributed by atoms with Crippen molar-refractivity contribution in [2.45, 2.75) is 0 Å². The van der Waals surface area contributed by atoms with Gasteiger partial charge in [0.05, 0.1) is 11.4 Å². The molecule has 0 heterocycles. The van der Waals surface area contributed by atoms with E-state index >= 15 is 0 Å². The third kappa shape index (κ3) is 1.44. The van der Waals surface area contributed by atoms with Gasteiger partial charge in [0.2, 0.25) is 0 Å². The van der Waals surface area contributed by atoms with Crippen molar-refractivity contribution in [3.05, 3.63) is 48.6 Å². The molecule has 0 bridgehead atoms. The fraction of sp³-hybridized carbons (Fsp3) is 0. The first-order valence-electron chi connectivity index (χ1n) is 5.04. The summed E-state index contributed by atoms with van der Waals surface area (Å²) in [7, 11) is 0. The molecular formula is C14H14N2. The van der Waals surface area contributed by atoms with E-state index in [2.05, 4.69) is 13.2 Å². The molecule has 0 aliphatic rings. The van der Waals surface area contributed by atoms with Crippen LogP contribution in [-0.4, -0.2) is 0 Å². The van der Waals surface area contributed by atoms with Crippen LogP contribution in [0.15, 0.2) is 37.4 Å². The lowest BCUT2D eigenvalue weighted by atomic mass is 9.98.